The second-order valence-electron chi connectivity index (χ2n) is 5.10. The van der Waals surface area contributed by atoms with Crippen molar-refractivity contribution in [3.05, 3.63) is 71.3 Å². The lowest BCUT2D eigenvalue weighted by molar-refractivity contribution is -0.117. The van der Waals surface area contributed by atoms with Gasteiger partial charge in [0.1, 0.15) is 5.75 Å². The van der Waals surface area contributed by atoms with Crippen LogP contribution in [0.2, 0.25) is 0 Å². The highest BCUT2D eigenvalue weighted by molar-refractivity contribution is 5.97. The molecule has 0 radical (unpaired) electrons. The van der Waals surface area contributed by atoms with E-state index in [1.54, 1.807) is 7.11 Å². The van der Waals surface area contributed by atoms with Crippen LogP contribution in [-0.4, -0.2) is 19.6 Å². The number of nitrogens with one attached hydrogen (secondary N) is 1. The highest BCUT2D eigenvalue weighted by Gasteiger charge is 2.04. The summed E-state index contributed by atoms with van der Waals surface area (Å²) in [5.41, 5.74) is 2.88. The molecule has 0 saturated carbocycles. The standard InChI is InChI=1S/C19H21NO2/c1-15(13-16-7-4-3-5-8-16)19(21)20-12-11-17-9-6-10-18(14-17)22-2/h3-10,13-14H,11-12H2,1-2H3,(H,20,21)/b15-13+. The van der Waals surface area contributed by atoms with E-state index < -0.39 is 0 Å². The molecule has 1 amide bonds. The highest BCUT2D eigenvalue weighted by Crippen LogP contribution is 2.12. The number of methoxy groups -OCH3 is 1. The first kappa shape index (κ1) is 15.8. The first-order valence-electron chi connectivity index (χ1n) is 7.33. The maximum absolute atomic E-state index is 12.1. The van der Waals surface area contributed by atoms with Crippen LogP contribution >= 0.6 is 0 Å². The van der Waals surface area contributed by atoms with Gasteiger partial charge in [0, 0.05) is 12.1 Å². The molecule has 0 unspecified atom stereocenters. The van der Waals surface area contributed by atoms with E-state index >= 15 is 0 Å². The molecule has 1 N–H and O–H groups in total. The van der Waals surface area contributed by atoms with Gasteiger partial charge in [-0.3, -0.25) is 4.79 Å². The topological polar surface area (TPSA) is 38.3 Å². The van der Waals surface area contributed by atoms with Crippen molar-refractivity contribution in [1.82, 2.24) is 5.32 Å². The van der Waals surface area contributed by atoms with Crippen LogP contribution in [0.4, 0.5) is 0 Å². The van der Waals surface area contributed by atoms with Crippen LogP contribution in [0.3, 0.4) is 0 Å². The minimum absolute atomic E-state index is 0.0354. The van der Waals surface area contributed by atoms with Gasteiger partial charge in [-0.05, 0) is 42.7 Å². The summed E-state index contributed by atoms with van der Waals surface area (Å²) in [5, 5.41) is 2.94. The van der Waals surface area contributed by atoms with Gasteiger partial charge in [0.2, 0.25) is 5.91 Å². The van der Waals surface area contributed by atoms with Gasteiger partial charge < -0.3 is 10.1 Å². The molecule has 0 aliphatic heterocycles. The van der Waals surface area contributed by atoms with E-state index in [0.717, 1.165) is 23.3 Å². The fraction of sp³-hybridized carbons (Fsp3) is 0.211. The first-order chi connectivity index (χ1) is 10.7. The van der Waals surface area contributed by atoms with Gasteiger partial charge in [-0.25, -0.2) is 0 Å². The molecule has 3 heteroatoms. The van der Waals surface area contributed by atoms with E-state index in [-0.39, 0.29) is 5.91 Å². The lowest BCUT2D eigenvalue weighted by atomic mass is 10.1. The summed E-state index contributed by atoms with van der Waals surface area (Å²) in [4.78, 5) is 12.1. The van der Waals surface area contributed by atoms with E-state index in [4.69, 9.17) is 4.74 Å². The van der Waals surface area contributed by atoms with E-state index in [1.165, 1.54) is 0 Å². The predicted molar refractivity (Wildman–Crippen MR) is 89.8 cm³/mol. The fourth-order valence-corrected chi connectivity index (χ4v) is 2.15. The van der Waals surface area contributed by atoms with Crippen molar-refractivity contribution < 1.29 is 9.53 Å². The quantitative estimate of drug-likeness (QED) is 0.829. The number of rotatable bonds is 6. The number of hydrogen-bond donors (Lipinski definition) is 1. The molecule has 0 spiro atoms. The second-order valence-corrected chi connectivity index (χ2v) is 5.10. The van der Waals surface area contributed by atoms with Gasteiger partial charge in [-0.1, -0.05) is 42.5 Å². The smallest absolute Gasteiger partial charge is 0.246 e. The lowest BCUT2D eigenvalue weighted by Gasteiger charge is -2.07. The molecule has 3 nitrogen and oxygen atoms in total. The number of carbonyl (C=O) groups excluding carboxylic acids is 1. The number of hydrogen-bond acceptors (Lipinski definition) is 2. The summed E-state index contributed by atoms with van der Waals surface area (Å²) >= 11 is 0. The maximum Gasteiger partial charge on any atom is 0.246 e. The molecule has 0 fully saturated rings. The van der Waals surface area contributed by atoms with E-state index in [0.29, 0.717) is 12.1 Å². The maximum atomic E-state index is 12.1. The zero-order valence-corrected chi connectivity index (χ0v) is 13.0. The summed E-state index contributed by atoms with van der Waals surface area (Å²) < 4.78 is 5.19. The minimum atomic E-state index is -0.0354. The summed E-state index contributed by atoms with van der Waals surface area (Å²) in [5.74, 6) is 0.802. The Hall–Kier alpha value is -2.55. The predicted octanol–water partition coefficient (Wildman–Crippen LogP) is 3.46. The first-order valence-corrected chi connectivity index (χ1v) is 7.33. The van der Waals surface area contributed by atoms with E-state index in [1.807, 2.05) is 67.6 Å². The molecule has 0 atom stereocenters. The number of amides is 1. The van der Waals surface area contributed by atoms with Crippen molar-refractivity contribution in [3.63, 3.8) is 0 Å². The van der Waals surface area contributed by atoms with Crippen molar-refractivity contribution in [3.8, 4) is 5.75 Å². The largest absolute Gasteiger partial charge is 0.497 e. The zero-order chi connectivity index (χ0) is 15.8. The van der Waals surface area contributed by atoms with Gasteiger partial charge in [-0.15, -0.1) is 0 Å². The Balaban J connectivity index is 1.86. The van der Waals surface area contributed by atoms with Crippen molar-refractivity contribution in [2.75, 3.05) is 13.7 Å². The number of ether oxygens (including phenoxy) is 1. The molecule has 2 aromatic carbocycles. The Bertz CT molecular complexity index is 647. The Morgan fingerprint density at radius 3 is 2.64 bits per heavy atom. The van der Waals surface area contributed by atoms with Crippen molar-refractivity contribution in [2.45, 2.75) is 13.3 Å². The third kappa shape index (κ3) is 4.77. The Kier molecular flexibility index (Phi) is 5.78. The molecule has 0 saturated heterocycles. The molecule has 0 aromatic heterocycles. The van der Waals surface area contributed by atoms with E-state index in [2.05, 4.69) is 5.32 Å². The fourth-order valence-electron chi connectivity index (χ4n) is 2.15. The van der Waals surface area contributed by atoms with Crippen molar-refractivity contribution in [1.29, 1.82) is 0 Å². The lowest BCUT2D eigenvalue weighted by Crippen LogP contribution is -2.26. The van der Waals surface area contributed by atoms with Gasteiger partial charge in [-0.2, -0.15) is 0 Å². The third-order valence-electron chi connectivity index (χ3n) is 3.37. The molecule has 0 aliphatic carbocycles. The Morgan fingerprint density at radius 2 is 1.91 bits per heavy atom. The van der Waals surface area contributed by atoms with Crippen LogP contribution in [0, 0.1) is 0 Å². The van der Waals surface area contributed by atoms with Crippen molar-refractivity contribution >= 4 is 12.0 Å². The monoisotopic (exact) mass is 295 g/mol. The number of carbonyl (C=O) groups is 1. The average molecular weight is 295 g/mol. The normalized spacial score (nSPS) is 11.1. The summed E-state index contributed by atoms with van der Waals surface area (Å²) in [6.07, 6.45) is 2.67. The summed E-state index contributed by atoms with van der Waals surface area (Å²) in [7, 11) is 1.65. The molecular formula is C19H21NO2. The van der Waals surface area contributed by atoms with Crippen molar-refractivity contribution in [2.24, 2.45) is 0 Å². The SMILES string of the molecule is COc1cccc(CCNC(=O)/C(C)=C/c2ccccc2)c1. The molecule has 2 aromatic rings. The molecule has 22 heavy (non-hydrogen) atoms. The second kappa shape index (κ2) is 8.03. The molecule has 0 heterocycles. The van der Waals surface area contributed by atoms with Crippen LogP contribution in [0.15, 0.2) is 60.2 Å². The van der Waals surface area contributed by atoms with Gasteiger partial charge in [0.05, 0.1) is 7.11 Å². The summed E-state index contributed by atoms with van der Waals surface area (Å²) in [6, 6.07) is 17.7. The van der Waals surface area contributed by atoms with Crippen LogP contribution < -0.4 is 10.1 Å². The zero-order valence-electron chi connectivity index (χ0n) is 13.0. The highest BCUT2D eigenvalue weighted by atomic mass is 16.5. The molecule has 2 rings (SSSR count). The Morgan fingerprint density at radius 1 is 1.14 bits per heavy atom. The van der Waals surface area contributed by atoms with Gasteiger partial charge in [0.15, 0.2) is 0 Å². The van der Waals surface area contributed by atoms with Gasteiger partial charge >= 0.3 is 0 Å². The van der Waals surface area contributed by atoms with Crippen LogP contribution in [-0.2, 0) is 11.2 Å². The van der Waals surface area contributed by atoms with Crippen LogP contribution in [0.1, 0.15) is 18.1 Å². The molecule has 0 bridgehead atoms. The molecule has 114 valence electrons. The Labute approximate surface area is 131 Å². The van der Waals surface area contributed by atoms with Crippen LogP contribution in [0.25, 0.3) is 6.08 Å². The average Bonchev–Trinajstić information content (AvgIpc) is 2.56. The molecular weight excluding hydrogens is 274 g/mol. The van der Waals surface area contributed by atoms with Crippen LogP contribution in [0.5, 0.6) is 5.75 Å². The third-order valence-corrected chi connectivity index (χ3v) is 3.37. The molecule has 0 aliphatic rings. The van der Waals surface area contributed by atoms with E-state index in [9.17, 15) is 4.79 Å². The summed E-state index contributed by atoms with van der Waals surface area (Å²) in [6.45, 7) is 2.43. The minimum Gasteiger partial charge on any atom is -0.497 e. The number of benzene rings is 2. The van der Waals surface area contributed by atoms with Gasteiger partial charge in [0.25, 0.3) is 0 Å².